The fraction of sp³-hybridized carbons (Fsp3) is 0.342. The van der Waals surface area contributed by atoms with E-state index in [4.69, 9.17) is 9.47 Å². The third-order valence-corrected chi connectivity index (χ3v) is 8.56. The molecule has 1 aliphatic heterocycles. The molecule has 9 nitrogen and oxygen atoms in total. The van der Waals surface area contributed by atoms with Gasteiger partial charge in [-0.2, -0.15) is 0 Å². The summed E-state index contributed by atoms with van der Waals surface area (Å²) in [5, 5.41) is 36.0. The van der Waals surface area contributed by atoms with Crippen molar-refractivity contribution < 1.29 is 29.6 Å². The second-order valence-electron chi connectivity index (χ2n) is 12.2. The van der Waals surface area contributed by atoms with Gasteiger partial charge in [0.2, 0.25) is 0 Å². The molecule has 2 amide bonds. The van der Waals surface area contributed by atoms with E-state index >= 15 is 0 Å². The largest absolute Gasteiger partial charge is 0.508 e. The zero-order chi connectivity index (χ0) is 33.3. The van der Waals surface area contributed by atoms with Gasteiger partial charge in [-0.05, 0) is 71.6 Å². The van der Waals surface area contributed by atoms with Crippen molar-refractivity contribution in [2.45, 2.75) is 51.6 Å². The number of aromatic hydroxyl groups is 1. The molecule has 1 heterocycles. The molecular weight excluding hydrogens is 594 g/mol. The number of aliphatic hydroxyl groups is 2. The number of nitrogens with zero attached hydrogens (tertiary/aromatic N) is 1. The molecule has 4 aromatic carbocycles. The van der Waals surface area contributed by atoms with Crippen molar-refractivity contribution in [2.24, 2.45) is 5.92 Å². The zero-order valence-corrected chi connectivity index (χ0v) is 27.2. The van der Waals surface area contributed by atoms with Crippen molar-refractivity contribution in [1.82, 2.24) is 15.5 Å². The molecule has 0 unspecified atom stereocenters. The number of phenolic OH excluding ortho intramolecular Hbond substituents is 1. The molecule has 47 heavy (non-hydrogen) atoms. The van der Waals surface area contributed by atoms with Gasteiger partial charge in [0, 0.05) is 37.7 Å². The van der Waals surface area contributed by atoms with E-state index in [0.29, 0.717) is 31.7 Å². The van der Waals surface area contributed by atoms with Crippen LogP contribution in [-0.2, 0) is 22.6 Å². The summed E-state index contributed by atoms with van der Waals surface area (Å²) in [5.74, 6) is 0.0948. The Morgan fingerprint density at radius 3 is 2.32 bits per heavy atom. The number of phenols is 1. The Balaban J connectivity index is 1.37. The summed E-state index contributed by atoms with van der Waals surface area (Å²) in [6.07, 6.45) is -1.93. The van der Waals surface area contributed by atoms with Crippen LogP contribution in [0.4, 0.5) is 4.79 Å². The van der Waals surface area contributed by atoms with Gasteiger partial charge in [-0.3, -0.25) is 0 Å². The number of urea groups is 1. The highest BCUT2D eigenvalue weighted by atomic mass is 16.7. The van der Waals surface area contributed by atoms with Gasteiger partial charge in [-0.1, -0.05) is 79.7 Å². The second kappa shape index (κ2) is 16.0. The first-order valence-corrected chi connectivity index (χ1v) is 16.1. The zero-order valence-electron chi connectivity index (χ0n) is 27.2. The number of aliphatic hydroxyl groups excluding tert-OH is 2. The van der Waals surface area contributed by atoms with Crippen LogP contribution >= 0.6 is 0 Å². The Bertz CT molecular complexity index is 1610. The Kier molecular flexibility index (Phi) is 11.6. The van der Waals surface area contributed by atoms with Gasteiger partial charge in [0.15, 0.2) is 6.29 Å². The van der Waals surface area contributed by atoms with Gasteiger partial charge < -0.3 is 40.3 Å². The minimum atomic E-state index is -0.775. The monoisotopic (exact) mass is 639 g/mol. The smallest absolute Gasteiger partial charge is 0.315 e. The summed E-state index contributed by atoms with van der Waals surface area (Å²) in [6.45, 7) is 5.85. The van der Waals surface area contributed by atoms with Crippen LogP contribution in [-0.4, -0.2) is 59.0 Å². The lowest BCUT2D eigenvalue weighted by Gasteiger charge is -2.42. The van der Waals surface area contributed by atoms with E-state index in [2.05, 4.69) is 29.7 Å². The number of ether oxygens (including phenoxy) is 2. The van der Waals surface area contributed by atoms with E-state index in [-0.39, 0.29) is 36.5 Å². The summed E-state index contributed by atoms with van der Waals surface area (Å²) in [6, 6.07) is 30.5. The van der Waals surface area contributed by atoms with E-state index in [9.17, 15) is 20.1 Å². The Morgan fingerprint density at radius 2 is 1.60 bits per heavy atom. The van der Waals surface area contributed by atoms with E-state index < -0.39 is 12.4 Å². The average Bonchev–Trinajstić information content (AvgIpc) is 3.08. The van der Waals surface area contributed by atoms with Gasteiger partial charge in [-0.25, -0.2) is 4.79 Å². The van der Waals surface area contributed by atoms with E-state index in [1.54, 1.807) is 24.3 Å². The predicted octanol–water partition coefficient (Wildman–Crippen LogP) is 5.83. The molecule has 0 saturated carbocycles. The second-order valence-corrected chi connectivity index (χ2v) is 12.2. The third-order valence-electron chi connectivity index (χ3n) is 8.56. The summed E-state index contributed by atoms with van der Waals surface area (Å²) in [7, 11) is 1.95. The number of carbonyl (C=O) groups is 1. The van der Waals surface area contributed by atoms with Crippen molar-refractivity contribution in [2.75, 3.05) is 26.7 Å². The molecule has 0 radical (unpaired) electrons. The summed E-state index contributed by atoms with van der Waals surface area (Å²) >= 11 is 0. The Labute approximate surface area is 276 Å². The normalized spacial score (nSPS) is 20.1. The number of amides is 2. The topological polar surface area (TPSA) is 124 Å². The van der Waals surface area contributed by atoms with Gasteiger partial charge in [0.1, 0.15) is 5.75 Å². The highest BCUT2D eigenvalue weighted by Crippen LogP contribution is 2.42. The summed E-state index contributed by atoms with van der Waals surface area (Å²) in [5.41, 5.74) is 6.36. The lowest BCUT2D eigenvalue weighted by molar-refractivity contribution is -0.276. The average molecular weight is 640 g/mol. The van der Waals surface area contributed by atoms with E-state index in [0.717, 1.165) is 33.4 Å². The van der Waals surface area contributed by atoms with Crippen LogP contribution in [0, 0.1) is 5.92 Å². The molecule has 5 N–H and O–H groups in total. The molecule has 1 aliphatic rings. The molecule has 9 heteroatoms. The maximum absolute atomic E-state index is 11.9. The lowest BCUT2D eigenvalue weighted by Crippen LogP contribution is -2.44. The predicted molar refractivity (Wildman–Crippen MR) is 181 cm³/mol. The quantitative estimate of drug-likeness (QED) is 0.132. The van der Waals surface area contributed by atoms with Crippen molar-refractivity contribution >= 4 is 6.03 Å². The number of likely N-dealkylation sites (N-methyl/N-ethyl adjacent to an activating group) is 1. The number of nitrogens with one attached hydrogen (secondary N) is 2. The van der Waals surface area contributed by atoms with Crippen molar-refractivity contribution in [1.29, 1.82) is 0 Å². The maximum Gasteiger partial charge on any atom is 0.315 e. The molecular formula is C38H45N3O6. The number of rotatable bonds is 12. The molecule has 0 aromatic heterocycles. The number of carbonyl (C=O) groups excluding carboxylic acids is 1. The minimum absolute atomic E-state index is 0.0242. The van der Waals surface area contributed by atoms with Crippen LogP contribution in [0.1, 0.15) is 60.2 Å². The highest BCUT2D eigenvalue weighted by Gasteiger charge is 2.39. The van der Waals surface area contributed by atoms with Crippen LogP contribution in [0.5, 0.6) is 5.75 Å². The number of hydrogen-bond acceptors (Lipinski definition) is 7. The van der Waals surface area contributed by atoms with E-state index in [1.807, 2.05) is 79.5 Å². The van der Waals surface area contributed by atoms with Crippen LogP contribution in [0.15, 0.2) is 97.1 Å². The highest BCUT2D eigenvalue weighted by molar-refractivity contribution is 5.74. The molecule has 5 rings (SSSR count). The first-order valence-electron chi connectivity index (χ1n) is 16.1. The fourth-order valence-corrected chi connectivity index (χ4v) is 5.97. The van der Waals surface area contributed by atoms with Gasteiger partial charge in [0.25, 0.3) is 0 Å². The number of benzene rings is 4. The molecule has 1 saturated heterocycles. The van der Waals surface area contributed by atoms with Crippen LogP contribution in [0.3, 0.4) is 0 Å². The molecule has 1 fully saturated rings. The first kappa shape index (κ1) is 34.1. The third kappa shape index (κ3) is 8.97. The van der Waals surface area contributed by atoms with Crippen LogP contribution in [0.25, 0.3) is 11.1 Å². The summed E-state index contributed by atoms with van der Waals surface area (Å²) in [4.78, 5) is 14.0. The van der Waals surface area contributed by atoms with Crippen molar-refractivity contribution in [3.63, 3.8) is 0 Å². The molecule has 5 atom stereocenters. The molecule has 4 aromatic rings. The first-order chi connectivity index (χ1) is 22.7. The fourth-order valence-electron chi connectivity index (χ4n) is 5.97. The van der Waals surface area contributed by atoms with E-state index in [1.165, 1.54) is 0 Å². The molecule has 0 aliphatic carbocycles. The van der Waals surface area contributed by atoms with Gasteiger partial charge >= 0.3 is 6.03 Å². The Morgan fingerprint density at radius 1 is 0.872 bits per heavy atom. The van der Waals surface area contributed by atoms with Crippen molar-refractivity contribution in [3.8, 4) is 16.9 Å². The Hall–Kier alpha value is -4.25. The van der Waals surface area contributed by atoms with Gasteiger partial charge in [-0.15, -0.1) is 0 Å². The van der Waals surface area contributed by atoms with Crippen LogP contribution in [0.2, 0.25) is 0 Å². The number of hydrogen-bond donors (Lipinski definition) is 5. The maximum atomic E-state index is 11.9. The van der Waals surface area contributed by atoms with Crippen LogP contribution < -0.4 is 10.6 Å². The van der Waals surface area contributed by atoms with Gasteiger partial charge in [0.05, 0.1) is 24.9 Å². The SMILES string of the molecule is CCNC(=O)NCc1cccc(-c2cccc([C@H]3O[C@@H](CN(C)C[C@@H](O)c4cccc(O)c4)[C@@H](C)[C@@H](c4ccc(CO)cc4)O3)c2)c1. The lowest BCUT2D eigenvalue weighted by atomic mass is 9.89. The van der Waals surface area contributed by atoms with Crippen molar-refractivity contribution in [3.05, 3.63) is 125 Å². The summed E-state index contributed by atoms with van der Waals surface area (Å²) < 4.78 is 13.4. The molecule has 0 bridgehead atoms. The molecule has 0 spiro atoms. The minimum Gasteiger partial charge on any atom is -0.508 e. The standard InChI is InChI=1S/C38H45N3O6/c1-4-39-38(45)40-21-27-8-5-9-29(18-27)30-10-6-12-32(19-30)37-46-35(23-41(3)22-34(44)31-11-7-13-33(43)20-31)25(2)36(47-37)28-16-14-26(24-42)15-17-28/h5-20,25,34-37,42-44H,4,21-24H2,1-3H3,(H2,39,40,45)/t25-,34-,35+,36+,37+/m1/s1. The molecule has 248 valence electrons.